The lowest BCUT2D eigenvalue weighted by atomic mass is 9.98. The first-order chi connectivity index (χ1) is 16.0. The number of pyridine rings is 1. The van der Waals surface area contributed by atoms with Gasteiger partial charge in [0.1, 0.15) is 18.8 Å². The van der Waals surface area contributed by atoms with E-state index in [9.17, 15) is 19.4 Å². The predicted octanol–water partition coefficient (Wildman–Crippen LogP) is 3.42. The van der Waals surface area contributed by atoms with E-state index >= 15 is 0 Å². The van der Waals surface area contributed by atoms with Crippen molar-refractivity contribution in [1.29, 1.82) is 5.26 Å². The highest BCUT2D eigenvalue weighted by atomic mass is 19.1. The van der Waals surface area contributed by atoms with Gasteiger partial charge in [0.2, 0.25) is 0 Å². The van der Waals surface area contributed by atoms with E-state index in [4.69, 9.17) is 10.00 Å². The number of nitrogens with zero attached hydrogens (tertiary/aromatic N) is 2. The Hall–Kier alpha value is -3.80. The van der Waals surface area contributed by atoms with E-state index in [-0.39, 0.29) is 31.1 Å². The summed E-state index contributed by atoms with van der Waals surface area (Å²) in [5, 5.41) is 31.6. The molecule has 1 aliphatic rings. The Kier molecular flexibility index (Phi) is 6.63. The van der Waals surface area contributed by atoms with Crippen molar-refractivity contribution in [3.8, 4) is 17.2 Å². The molecule has 0 radical (unpaired) electrons. The molecule has 3 aromatic rings. The zero-order valence-corrected chi connectivity index (χ0v) is 17.6. The van der Waals surface area contributed by atoms with Crippen molar-refractivity contribution >= 4 is 6.09 Å². The van der Waals surface area contributed by atoms with Crippen LogP contribution in [-0.2, 0) is 4.74 Å². The van der Waals surface area contributed by atoms with Crippen LogP contribution in [0.15, 0.2) is 60.8 Å². The number of nitriles is 1. The van der Waals surface area contributed by atoms with Gasteiger partial charge in [0.15, 0.2) is 11.5 Å². The van der Waals surface area contributed by atoms with E-state index in [1.165, 1.54) is 0 Å². The lowest BCUT2D eigenvalue weighted by Crippen LogP contribution is -2.30. The minimum atomic E-state index is -1.41. The Bertz CT molecular complexity index is 1160. The van der Waals surface area contributed by atoms with E-state index in [0.29, 0.717) is 0 Å². The van der Waals surface area contributed by atoms with E-state index < -0.39 is 29.8 Å². The molecule has 1 aromatic heterocycles. The van der Waals surface area contributed by atoms with Gasteiger partial charge in [-0.1, -0.05) is 48.5 Å². The molecule has 8 heteroatoms. The topological polar surface area (TPSA) is 115 Å². The summed E-state index contributed by atoms with van der Waals surface area (Å²) < 4.78 is 19.1. The van der Waals surface area contributed by atoms with E-state index in [0.717, 1.165) is 34.5 Å². The third kappa shape index (κ3) is 4.70. The number of carbonyl (C=O) groups excluding carboxylic acids is 1. The van der Waals surface area contributed by atoms with Gasteiger partial charge in [-0.2, -0.15) is 5.26 Å². The molecule has 2 atom stereocenters. The standard InChI is InChI=1S/C25H22FN3O4/c26-21-11-15(13-29-22(21)12-27)24(31)23(30)9-10-28-25(32)33-14-20-18-7-3-1-5-16(18)17-6-2-4-8-19(17)20/h1-8,11,13,20,23-24,30-31H,9-10,14H2,(H,28,32). The number of aromatic nitrogens is 1. The van der Waals surface area contributed by atoms with Gasteiger partial charge in [-0.15, -0.1) is 0 Å². The first-order valence-corrected chi connectivity index (χ1v) is 10.5. The Morgan fingerprint density at radius 1 is 1.15 bits per heavy atom. The van der Waals surface area contributed by atoms with E-state index in [1.54, 1.807) is 6.07 Å². The third-order valence-electron chi connectivity index (χ3n) is 5.73. The van der Waals surface area contributed by atoms with Crippen molar-refractivity contribution in [3.05, 3.63) is 89.0 Å². The van der Waals surface area contributed by atoms with Gasteiger partial charge in [-0.05, 0) is 34.7 Å². The number of amides is 1. The molecule has 0 bridgehead atoms. The fourth-order valence-corrected chi connectivity index (χ4v) is 4.05. The quantitative estimate of drug-likeness (QED) is 0.511. The van der Waals surface area contributed by atoms with Gasteiger partial charge < -0.3 is 20.3 Å². The number of alkyl carbamates (subject to hydrolysis) is 1. The Balaban J connectivity index is 1.28. The van der Waals surface area contributed by atoms with Crippen LogP contribution in [0.4, 0.5) is 9.18 Å². The zero-order chi connectivity index (χ0) is 23.4. The highest BCUT2D eigenvalue weighted by molar-refractivity contribution is 5.79. The van der Waals surface area contributed by atoms with Crippen LogP contribution in [0.25, 0.3) is 11.1 Å². The van der Waals surface area contributed by atoms with Crippen LogP contribution >= 0.6 is 0 Å². The van der Waals surface area contributed by atoms with Gasteiger partial charge in [0.05, 0.1) is 6.10 Å². The van der Waals surface area contributed by atoms with Crippen molar-refractivity contribution in [2.75, 3.05) is 13.2 Å². The first-order valence-electron chi connectivity index (χ1n) is 10.5. The molecule has 1 heterocycles. The van der Waals surface area contributed by atoms with E-state index in [1.807, 2.05) is 36.4 Å². The number of benzene rings is 2. The molecule has 2 aromatic carbocycles. The van der Waals surface area contributed by atoms with Crippen LogP contribution in [0.1, 0.15) is 40.8 Å². The number of fused-ring (bicyclic) bond motifs is 3. The summed E-state index contributed by atoms with van der Waals surface area (Å²) in [6.07, 6.45) is -2.18. The number of carbonyl (C=O) groups is 1. The van der Waals surface area contributed by atoms with Crippen molar-refractivity contribution in [3.63, 3.8) is 0 Å². The number of hydrogen-bond donors (Lipinski definition) is 3. The van der Waals surface area contributed by atoms with Crippen LogP contribution in [0.3, 0.4) is 0 Å². The largest absolute Gasteiger partial charge is 0.449 e. The smallest absolute Gasteiger partial charge is 0.407 e. The molecule has 7 nitrogen and oxygen atoms in total. The zero-order valence-electron chi connectivity index (χ0n) is 17.6. The Morgan fingerprint density at radius 3 is 2.39 bits per heavy atom. The number of ether oxygens (including phenoxy) is 1. The van der Waals surface area contributed by atoms with Crippen LogP contribution in [0, 0.1) is 17.1 Å². The average Bonchev–Trinajstić information content (AvgIpc) is 3.16. The van der Waals surface area contributed by atoms with Crippen molar-refractivity contribution in [1.82, 2.24) is 10.3 Å². The summed E-state index contributed by atoms with van der Waals surface area (Å²) in [5.74, 6) is -0.938. The molecule has 3 N–H and O–H groups in total. The number of aliphatic hydroxyl groups excluding tert-OH is 2. The Labute approximate surface area is 190 Å². The van der Waals surface area contributed by atoms with Crippen molar-refractivity contribution in [2.45, 2.75) is 24.5 Å². The molecule has 0 fully saturated rings. The summed E-state index contributed by atoms with van der Waals surface area (Å²) in [7, 11) is 0. The molecule has 0 saturated carbocycles. The fourth-order valence-electron chi connectivity index (χ4n) is 4.05. The highest BCUT2D eigenvalue weighted by Gasteiger charge is 2.29. The van der Waals surface area contributed by atoms with Crippen LogP contribution in [-0.4, -0.2) is 40.5 Å². The fraction of sp³-hybridized carbons (Fsp3) is 0.240. The van der Waals surface area contributed by atoms with Crippen molar-refractivity contribution in [2.24, 2.45) is 0 Å². The van der Waals surface area contributed by atoms with Gasteiger partial charge in [-0.25, -0.2) is 14.2 Å². The third-order valence-corrected chi connectivity index (χ3v) is 5.73. The van der Waals surface area contributed by atoms with Crippen LogP contribution in [0.2, 0.25) is 0 Å². The molecular formula is C25H22FN3O4. The number of halogens is 1. The minimum absolute atomic E-state index is 0.00693. The second kappa shape index (κ2) is 9.77. The molecule has 1 amide bonds. The summed E-state index contributed by atoms with van der Waals surface area (Å²) in [6.45, 7) is 0.211. The lowest BCUT2D eigenvalue weighted by Gasteiger charge is -2.18. The molecular weight excluding hydrogens is 425 g/mol. The Morgan fingerprint density at radius 2 is 1.79 bits per heavy atom. The van der Waals surface area contributed by atoms with Crippen molar-refractivity contribution < 1.29 is 24.1 Å². The molecule has 168 valence electrons. The van der Waals surface area contributed by atoms with Gasteiger partial charge in [0.25, 0.3) is 0 Å². The summed E-state index contributed by atoms with van der Waals surface area (Å²) in [4.78, 5) is 15.8. The number of rotatable bonds is 7. The maximum Gasteiger partial charge on any atom is 0.407 e. The molecule has 33 heavy (non-hydrogen) atoms. The monoisotopic (exact) mass is 447 g/mol. The lowest BCUT2D eigenvalue weighted by molar-refractivity contribution is 0.0133. The average molecular weight is 447 g/mol. The maximum atomic E-state index is 13.7. The summed E-state index contributed by atoms with van der Waals surface area (Å²) in [5.41, 5.74) is 4.13. The van der Waals surface area contributed by atoms with Gasteiger partial charge in [-0.3, -0.25) is 0 Å². The molecule has 0 spiro atoms. The summed E-state index contributed by atoms with van der Waals surface area (Å²) in [6, 6.07) is 18.6. The number of nitrogens with one attached hydrogen (secondary N) is 1. The molecule has 4 rings (SSSR count). The predicted molar refractivity (Wildman–Crippen MR) is 118 cm³/mol. The van der Waals surface area contributed by atoms with E-state index in [2.05, 4.69) is 22.4 Å². The first kappa shape index (κ1) is 22.4. The molecule has 0 aliphatic heterocycles. The molecule has 2 unspecified atom stereocenters. The highest BCUT2D eigenvalue weighted by Crippen LogP contribution is 2.44. The SMILES string of the molecule is N#Cc1ncc(C(O)C(O)CCNC(=O)OCC2c3ccccc3-c3ccccc32)cc1F. The second-order valence-corrected chi connectivity index (χ2v) is 7.76. The second-order valence-electron chi connectivity index (χ2n) is 7.76. The summed E-state index contributed by atoms with van der Waals surface area (Å²) >= 11 is 0. The van der Waals surface area contributed by atoms with Crippen LogP contribution < -0.4 is 5.32 Å². The molecule has 1 aliphatic carbocycles. The minimum Gasteiger partial charge on any atom is -0.449 e. The van der Waals surface area contributed by atoms with Crippen LogP contribution in [0.5, 0.6) is 0 Å². The van der Waals surface area contributed by atoms with Gasteiger partial charge in [0, 0.05) is 24.2 Å². The molecule has 0 saturated heterocycles. The van der Waals surface area contributed by atoms with Gasteiger partial charge >= 0.3 is 6.09 Å². The number of hydrogen-bond acceptors (Lipinski definition) is 6. The number of aliphatic hydroxyl groups is 2. The normalized spacial score (nSPS) is 14.0. The maximum absolute atomic E-state index is 13.7.